The number of benzene rings is 1. The third-order valence-corrected chi connectivity index (χ3v) is 3.02. The van der Waals surface area contributed by atoms with Crippen LogP contribution in [0.2, 0.25) is 0 Å². The highest BCUT2D eigenvalue weighted by atomic mass is 19.3. The number of alkyl halides is 2. The summed E-state index contributed by atoms with van der Waals surface area (Å²) in [4.78, 5) is 33.9. The summed E-state index contributed by atoms with van der Waals surface area (Å²) < 4.78 is 40.8. The maximum absolute atomic E-state index is 13.5. The van der Waals surface area contributed by atoms with E-state index in [2.05, 4.69) is 14.2 Å². The summed E-state index contributed by atoms with van der Waals surface area (Å²) in [5.41, 5.74) is -2.68. The fourth-order valence-corrected chi connectivity index (χ4v) is 1.54. The topological polar surface area (TPSA) is 102 Å². The lowest BCUT2D eigenvalue weighted by molar-refractivity contribution is -0.341. The number of rotatable bonds is 7. The van der Waals surface area contributed by atoms with Crippen molar-refractivity contribution in [2.45, 2.75) is 25.4 Å². The van der Waals surface area contributed by atoms with Crippen molar-refractivity contribution >= 4 is 17.9 Å². The van der Waals surface area contributed by atoms with Gasteiger partial charge in [0, 0.05) is 7.11 Å². The van der Waals surface area contributed by atoms with Crippen molar-refractivity contribution in [3.05, 3.63) is 35.4 Å². The molecule has 0 N–H and O–H groups in total. The molecule has 0 fully saturated rings. The minimum atomic E-state index is -4.38. The Morgan fingerprint density at radius 3 is 1.92 bits per heavy atom. The molecule has 0 heterocycles. The van der Waals surface area contributed by atoms with Gasteiger partial charge >= 0.3 is 17.9 Å². The Bertz CT molecular complexity index is 623. The first-order valence-corrected chi connectivity index (χ1v) is 6.61. The average molecular weight is 345 g/mol. The van der Waals surface area contributed by atoms with Gasteiger partial charge in [0.05, 0.1) is 11.1 Å². The predicted octanol–water partition coefficient (Wildman–Crippen LogP) is 0.768. The predicted molar refractivity (Wildman–Crippen MR) is 73.2 cm³/mol. The molecule has 0 aliphatic rings. The second-order valence-corrected chi connectivity index (χ2v) is 5.18. The number of hydrogen-bond acceptors (Lipinski definition) is 7. The first-order valence-electron chi connectivity index (χ1n) is 6.61. The van der Waals surface area contributed by atoms with Crippen molar-refractivity contribution in [2.75, 3.05) is 13.9 Å². The Morgan fingerprint density at radius 2 is 1.50 bits per heavy atom. The number of aliphatic carboxylic acids is 1. The lowest BCUT2D eigenvalue weighted by atomic mass is 10.00. The standard InChI is InChI=1S/C15H16F2O7/c1-14(2,15(16,17)13(20)21)24-12(19)10-6-4-9(5-7-10)11(18)23-8-22-3/h4-7H,8H2,1-3H3,(H,20,21)/p-1. The number of methoxy groups -OCH3 is 1. The SMILES string of the molecule is COCOC(=O)c1ccc(C(=O)OC(C)(C)C(F)(F)C(=O)[O-])cc1. The lowest BCUT2D eigenvalue weighted by Crippen LogP contribution is -2.57. The molecule has 0 bridgehead atoms. The van der Waals surface area contributed by atoms with E-state index < -0.39 is 29.4 Å². The second kappa shape index (κ2) is 7.35. The fourth-order valence-electron chi connectivity index (χ4n) is 1.54. The normalized spacial score (nSPS) is 11.7. The van der Waals surface area contributed by atoms with Crippen LogP contribution in [0.1, 0.15) is 34.6 Å². The molecule has 0 unspecified atom stereocenters. The minimum absolute atomic E-state index is 0.0999. The van der Waals surface area contributed by atoms with Crippen molar-refractivity contribution in [3.8, 4) is 0 Å². The highest BCUT2D eigenvalue weighted by molar-refractivity contribution is 5.93. The molecule has 0 aliphatic heterocycles. The molecule has 0 atom stereocenters. The van der Waals surface area contributed by atoms with Crippen LogP contribution in [0.4, 0.5) is 8.78 Å². The van der Waals surface area contributed by atoms with E-state index in [9.17, 15) is 28.3 Å². The molecule has 0 aliphatic carbocycles. The summed E-state index contributed by atoms with van der Waals surface area (Å²) in [7, 11) is 1.33. The Balaban J connectivity index is 2.86. The van der Waals surface area contributed by atoms with Gasteiger partial charge in [0.2, 0.25) is 0 Å². The highest BCUT2D eigenvalue weighted by Gasteiger charge is 2.51. The molecule has 0 aromatic heterocycles. The number of carboxylic acid groups (broad SMARTS) is 1. The molecule has 1 aromatic rings. The van der Waals surface area contributed by atoms with Crippen LogP contribution in [0.5, 0.6) is 0 Å². The van der Waals surface area contributed by atoms with Crippen LogP contribution in [-0.4, -0.2) is 43.3 Å². The number of carbonyl (C=O) groups excluding carboxylic acids is 3. The van der Waals surface area contributed by atoms with Crippen molar-refractivity contribution < 1.29 is 42.5 Å². The molecule has 9 heteroatoms. The van der Waals surface area contributed by atoms with E-state index in [1.165, 1.54) is 19.2 Å². The van der Waals surface area contributed by atoms with E-state index in [0.29, 0.717) is 0 Å². The van der Waals surface area contributed by atoms with Crippen LogP contribution in [0.3, 0.4) is 0 Å². The van der Waals surface area contributed by atoms with Gasteiger partial charge in [-0.05, 0) is 38.1 Å². The fraction of sp³-hybridized carbons (Fsp3) is 0.400. The zero-order chi connectivity index (χ0) is 18.5. The summed E-state index contributed by atoms with van der Waals surface area (Å²) in [6.45, 7) is 1.24. The molecule has 0 spiro atoms. The zero-order valence-corrected chi connectivity index (χ0v) is 13.1. The van der Waals surface area contributed by atoms with E-state index >= 15 is 0 Å². The zero-order valence-electron chi connectivity index (χ0n) is 13.1. The Labute approximate surface area is 136 Å². The summed E-state index contributed by atoms with van der Waals surface area (Å²) in [5, 5.41) is 10.5. The number of halogens is 2. The van der Waals surface area contributed by atoms with Gasteiger partial charge in [-0.15, -0.1) is 0 Å². The minimum Gasteiger partial charge on any atom is -0.544 e. The van der Waals surface area contributed by atoms with E-state index in [1.807, 2.05) is 0 Å². The van der Waals surface area contributed by atoms with Crippen LogP contribution in [-0.2, 0) is 19.0 Å². The van der Waals surface area contributed by atoms with Gasteiger partial charge < -0.3 is 24.1 Å². The molecular weight excluding hydrogens is 330 g/mol. The molecule has 1 rings (SSSR count). The molecule has 0 amide bonds. The number of hydrogen-bond donors (Lipinski definition) is 0. The molecule has 132 valence electrons. The quantitative estimate of drug-likeness (QED) is 0.531. The maximum atomic E-state index is 13.5. The third kappa shape index (κ3) is 4.25. The van der Waals surface area contributed by atoms with E-state index in [0.717, 1.165) is 26.0 Å². The Kier molecular flexibility index (Phi) is 5.97. The van der Waals surface area contributed by atoms with Crippen LogP contribution in [0.15, 0.2) is 24.3 Å². The van der Waals surface area contributed by atoms with Crippen molar-refractivity contribution in [3.63, 3.8) is 0 Å². The summed E-state index contributed by atoms with van der Waals surface area (Å²) in [5.74, 6) is -8.93. The summed E-state index contributed by atoms with van der Waals surface area (Å²) in [6.07, 6.45) is 0. The van der Waals surface area contributed by atoms with E-state index in [-0.39, 0.29) is 17.9 Å². The number of ether oxygens (including phenoxy) is 3. The molecular formula is C15H15F2O7-. The first kappa shape index (κ1) is 19.5. The smallest absolute Gasteiger partial charge is 0.340 e. The van der Waals surface area contributed by atoms with Crippen LogP contribution >= 0.6 is 0 Å². The monoisotopic (exact) mass is 345 g/mol. The van der Waals surface area contributed by atoms with Gasteiger partial charge in [-0.25, -0.2) is 9.59 Å². The summed E-state index contributed by atoms with van der Waals surface area (Å²) >= 11 is 0. The van der Waals surface area contributed by atoms with Crippen LogP contribution in [0.25, 0.3) is 0 Å². The molecule has 7 nitrogen and oxygen atoms in total. The van der Waals surface area contributed by atoms with E-state index in [1.54, 1.807) is 0 Å². The third-order valence-electron chi connectivity index (χ3n) is 3.02. The number of esters is 2. The molecule has 1 aromatic carbocycles. The van der Waals surface area contributed by atoms with Gasteiger partial charge in [0.1, 0.15) is 5.97 Å². The highest BCUT2D eigenvalue weighted by Crippen LogP contribution is 2.32. The molecule has 24 heavy (non-hydrogen) atoms. The molecule has 0 radical (unpaired) electrons. The van der Waals surface area contributed by atoms with Crippen molar-refractivity contribution in [2.24, 2.45) is 0 Å². The Morgan fingerprint density at radius 1 is 1.04 bits per heavy atom. The second-order valence-electron chi connectivity index (χ2n) is 5.18. The van der Waals surface area contributed by atoms with Crippen LogP contribution in [0, 0.1) is 0 Å². The molecule has 0 saturated heterocycles. The van der Waals surface area contributed by atoms with Gasteiger partial charge in [-0.1, -0.05) is 0 Å². The van der Waals surface area contributed by atoms with Crippen molar-refractivity contribution in [1.82, 2.24) is 0 Å². The number of carboxylic acids is 1. The molecule has 0 saturated carbocycles. The van der Waals surface area contributed by atoms with Gasteiger partial charge in [-0.3, -0.25) is 0 Å². The van der Waals surface area contributed by atoms with E-state index in [4.69, 9.17) is 0 Å². The average Bonchev–Trinajstić information content (AvgIpc) is 2.51. The number of carbonyl (C=O) groups is 3. The lowest BCUT2D eigenvalue weighted by Gasteiger charge is -2.33. The van der Waals surface area contributed by atoms with Gasteiger partial charge in [0.15, 0.2) is 12.4 Å². The van der Waals surface area contributed by atoms with Gasteiger partial charge in [0.25, 0.3) is 0 Å². The van der Waals surface area contributed by atoms with Crippen LogP contribution < -0.4 is 5.11 Å². The van der Waals surface area contributed by atoms with Gasteiger partial charge in [-0.2, -0.15) is 8.78 Å². The Hall–Kier alpha value is -2.55. The van der Waals surface area contributed by atoms with Crippen molar-refractivity contribution in [1.29, 1.82) is 0 Å². The maximum Gasteiger partial charge on any atom is 0.340 e. The first-order chi connectivity index (χ1) is 11.0. The summed E-state index contributed by atoms with van der Waals surface area (Å²) in [6, 6.07) is 4.74. The largest absolute Gasteiger partial charge is 0.544 e.